The van der Waals surface area contributed by atoms with E-state index in [2.05, 4.69) is 10.6 Å². The second kappa shape index (κ2) is 8.09. The molecule has 1 amide bonds. The minimum atomic E-state index is -4.73. The van der Waals surface area contributed by atoms with Crippen LogP contribution in [-0.2, 0) is 14.6 Å². The van der Waals surface area contributed by atoms with E-state index in [4.69, 9.17) is 5.73 Å². The maximum Gasteiger partial charge on any atom is 0.341 e. The number of hydrogen-bond donors (Lipinski definition) is 3. The lowest BCUT2D eigenvalue weighted by molar-refractivity contribution is -0.117. The Morgan fingerprint density at radius 2 is 2.04 bits per heavy atom. The Labute approximate surface area is 146 Å². The largest absolute Gasteiger partial charge is 0.384 e. The molecule has 140 valence electrons. The molecule has 1 fully saturated rings. The summed E-state index contributed by atoms with van der Waals surface area (Å²) in [6.07, 6.45) is 2.94. The normalized spacial score (nSPS) is 20.7. The first-order valence-corrected chi connectivity index (χ1v) is 9.75. The zero-order chi connectivity index (χ0) is 18.6. The predicted octanol–water partition coefficient (Wildman–Crippen LogP) is 2.57. The van der Waals surface area contributed by atoms with E-state index in [1.165, 1.54) is 6.07 Å². The summed E-state index contributed by atoms with van der Waals surface area (Å²) < 4.78 is 48.8. The highest BCUT2D eigenvalue weighted by molar-refractivity contribution is 7.91. The van der Waals surface area contributed by atoms with Crippen LogP contribution < -0.4 is 16.4 Å². The first-order valence-electron chi connectivity index (χ1n) is 8.21. The summed E-state index contributed by atoms with van der Waals surface area (Å²) in [5.41, 5.74) is 6.60. The van der Waals surface area contributed by atoms with Gasteiger partial charge in [-0.25, -0.2) is 8.42 Å². The zero-order valence-corrected chi connectivity index (χ0v) is 14.8. The van der Waals surface area contributed by atoms with Gasteiger partial charge in [0.15, 0.2) is 0 Å². The van der Waals surface area contributed by atoms with Gasteiger partial charge in [-0.15, -0.1) is 0 Å². The molecular formula is C16H23F2N3O3S. The summed E-state index contributed by atoms with van der Waals surface area (Å²) in [5.74, 6) is -3.75. The van der Waals surface area contributed by atoms with E-state index in [0.717, 1.165) is 31.4 Å². The summed E-state index contributed by atoms with van der Waals surface area (Å²) >= 11 is 0. The van der Waals surface area contributed by atoms with Gasteiger partial charge in [0.2, 0.25) is 15.7 Å². The van der Waals surface area contributed by atoms with Gasteiger partial charge in [0.25, 0.3) is 0 Å². The summed E-state index contributed by atoms with van der Waals surface area (Å²) in [5, 5.41) is 5.60. The monoisotopic (exact) mass is 375 g/mol. The van der Waals surface area contributed by atoms with Gasteiger partial charge in [-0.05, 0) is 43.9 Å². The second-order valence-corrected chi connectivity index (χ2v) is 8.07. The van der Waals surface area contributed by atoms with Crippen LogP contribution in [0.2, 0.25) is 0 Å². The molecule has 0 unspecified atom stereocenters. The number of sulfone groups is 1. The SMILES string of the molecule is CCNc1ccc(S(=O)(=O)C(F)F)cc1NC(=O)C[C@@H]1CCC[C@H]1N. The van der Waals surface area contributed by atoms with Crippen LogP contribution in [-0.4, -0.2) is 32.7 Å². The number of amides is 1. The molecule has 0 aromatic heterocycles. The number of rotatable bonds is 7. The number of carbonyl (C=O) groups is 1. The zero-order valence-electron chi connectivity index (χ0n) is 14.0. The number of benzene rings is 1. The Bertz CT molecular complexity index is 725. The average molecular weight is 375 g/mol. The molecule has 1 aliphatic carbocycles. The van der Waals surface area contributed by atoms with E-state index in [1.807, 2.05) is 6.92 Å². The molecule has 1 aromatic carbocycles. The Morgan fingerprint density at radius 3 is 2.60 bits per heavy atom. The number of carbonyl (C=O) groups excluding carboxylic acids is 1. The maximum absolute atomic E-state index is 12.7. The van der Waals surface area contributed by atoms with Gasteiger partial charge in [0.05, 0.1) is 16.3 Å². The predicted molar refractivity (Wildman–Crippen MR) is 92.4 cm³/mol. The highest BCUT2D eigenvalue weighted by Gasteiger charge is 2.28. The first kappa shape index (κ1) is 19.6. The van der Waals surface area contributed by atoms with Crippen molar-refractivity contribution in [2.45, 2.75) is 49.3 Å². The molecule has 0 radical (unpaired) electrons. The minimum Gasteiger partial charge on any atom is -0.384 e. The van der Waals surface area contributed by atoms with E-state index in [0.29, 0.717) is 12.2 Å². The molecule has 0 aliphatic heterocycles. The van der Waals surface area contributed by atoms with Crippen molar-refractivity contribution in [1.29, 1.82) is 0 Å². The molecule has 0 spiro atoms. The fourth-order valence-electron chi connectivity index (χ4n) is 3.01. The van der Waals surface area contributed by atoms with Crippen molar-refractivity contribution in [3.8, 4) is 0 Å². The number of anilines is 2. The lowest BCUT2D eigenvalue weighted by Gasteiger charge is -2.17. The number of nitrogens with two attached hydrogens (primary N) is 1. The molecule has 2 rings (SSSR count). The summed E-state index contributed by atoms with van der Waals surface area (Å²) in [4.78, 5) is 11.7. The van der Waals surface area contributed by atoms with Crippen molar-refractivity contribution < 1.29 is 22.0 Å². The Balaban J connectivity index is 2.22. The summed E-state index contributed by atoms with van der Waals surface area (Å²) in [6.45, 7) is 2.35. The van der Waals surface area contributed by atoms with Gasteiger partial charge in [-0.1, -0.05) is 6.42 Å². The average Bonchev–Trinajstić information content (AvgIpc) is 2.94. The molecule has 0 saturated heterocycles. The molecule has 9 heteroatoms. The summed E-state index contributed by atoms with van der Waals surface area (Å²) in [6, 6.07) is 3.51. The molecule has 4 N–H and O–H groups in total. The van der Waals surface area contributed by atoms with Gasteiger partial charge in [0, 0.05) is 19.0 Å². The molecule has 25 heavy (non-hydrogen) atoms. The number of halogens is 2. The fourth-order valence-corrected chi connectivity index (χ4v) is 3.76. The second-order valence-electron chi connectivity index (χ2n) is 6.15. The first-order chi connectivity index (χ1) is 11.8. The molecule has 1 aliphatic rings. The van der Waals surface area contributed by atoms with E-state index in [-0.39, 0.29) is 30.0 Å². The van der Waals surface area contributed by atoms with Crippen LogP contribution in [0.5, 0.6) is 0 Å². The molecule has 1 saturated carbocycles. The van der Waals surface area contributed by atoms with Crippen molar-refractivity contribution in [3.63, 3.8) is 0 Å². The lowest BCUT2D eigenvalue weighted by Crippen LogP contribution is -2.28. The topological polar surface area (TPSA) is 101 Å². The van der Waals surface area contributed by atoms with Crippen LogP contribution in [0, 0.1) is 5.92 Å². The molecular weight excluding hydrogens is 352 g/mol. The number of alkyl halides is 2. The number of hydrogen-bond acceptors (Lipinski definition) is 5. The van der Waals surface area contributed by atoms with Crippen molar-refractivity contribution in [1.82, 2.24) is 0 Å². The van der Waals surface area contributed by atoms with Crippen LogP contribution in [0.3, 0.4) is 0 Å². The van der Waals surface area contributed by atoms with Crippen LogP contribution in [0.15, 0.2) is 23.1 Å². The standard InChI is InChI=1S/C16H23F2N3O3S/c1-2-20-13-7-6-11(25(23,24)16(17)18)9-14(13)21-15(22)8-10-4-3-5-12(10)19/h6-7,9-10,12,16,20H,2-5,8,19H2,1H3,(H,21,22)/t10-,12+/m0/s1. The smallest absolute Gasteiger partial charge is 0.341 e. The van der Waals surface area contributed by atoms with Gasteiger partial charge < -0.3 is 16.4 Å². The third kappa shape index (κ3) is 4.66. The third-order valence-corrected chi connectivity index (χ3v) is 5.74. The van der Waals surface area contributed by atoms with Crippen LogP contribution in [0.1, 0.15) is 32.6 Å². The third-order valence-electron chi connectivity index (χ3n) is 4.36. The van der Waals surface area contributed by atoms with Crippen molar-refractivity contribution in [2.75, 3.05) is 17.2 Å². The van der Waals surface area contributed by atoms with Crippen LogP contribution in [0.4, 0.5) is 20.2 Å². The Hall–Kier alpha value is -1.74. The van der Waals surface area contributed by atoms with E-state index < -0.39 is 20.5 Å². The molecule has 1 aromatic rings. The van der Waals surface area contributed by atoms with Crippen molar-refractivity contribution >= 4 is 27.1 Å². The van der Waals surface area contributed by atoms with Crippen molar-refractivity contribution in [2.24, 2.45) is 11.7 Å². The molecule has 0 heterocycles. The maximum atomic E-state index is 12.7. The van der Waals surface area contributed by atoms with Crippen molar-refractivity contribution in [3.05, 3.63) is 18.2 Å². The fraction of sp³-hybridized carbons (Fsp3) is 0.562. The molecule has 2 atom stereocenters. The van der Waals surface area contributed by atoms with Gasteiger partial charge >= 0.3 is 5.76 Å². The highest BCUT2D eigenvalue weighted by Crippen LogP contribution is 2.30. The lowest BCUT2D eigenvalue weighted by atomic mass is 10.00. The molecule has 6 nitrogen and oxygen atoms in total. The minimum absolute atomic E-state index is 0.0236. The van der Waals surface area contributed by atoms with Gasteiger partial charge in [-0.3, -0.25) is 4.79 Å². The Morgan fingerprint density at radius 1 is 1.32 bits per heavy atom. The van der Waals surface area contributed by atoms with Crippen LogP contribution >= 0.6 is 0 Å². The summed E-state index contributed by atoms with van der Waals surface area (Å²) in [7, 11) is -4.73. The van der Waals surface area contributed by atoms with Gasteiger partial charge in [-0.2, -0.15) is 8.78 Å². The molecule has 0 bridgehead atoms. The highest BCUT2D eigenvalue weighted by atomic mass is 32.2. The van der Waals surface area contributed by atoms with E-state index >= 15 is 0 Å². The number of nitrogens with one attached hydrogen (secondary N) is 2. The quantitative estimate of drug-likeness (QED) is 0.680. The Kier molecular flexibility index (Phi) is 6.34. The van der Waals surface area contributed by atoms with Crippen LogP contribution in [0.25, 0.3) is 0 Å². The van der Waals surface area contributed by atoms with E-state index in [9.17, 15) is 22.0 Å². The van der Waals surface area contributed by atoms with E-state index in [1.54, 1.807) is 0 Å². The van der Waals surface area contributed by atoms with Gasteiger partial charge in [0.1, 0.15) is 0 Å².